The number of carbonyl (C=O) groups excluding carboxylic acids is 3. The van der Waals surface area contributed by atoms with Gasteiger partial charge in [0.25, 0.3) is 5.91 Å². The van der Waals surface area contributed by atoms with Crippen molar-refractivity contribution >= 4 is 52.7 Å². The van der Waals surface area contributed by atoms with E-state index in [1.165, 1.54) is 36.4 Å². The number of carbonyl (C=O) groups is 4. The SMILES string of the molecule is Cc1ccc(NC(=O)[C@H](OC(=O)c2ccccc2Cl)[C@H](OC(=O)c2ccccc2Cl)C(=O)O)c(C)c1. The first kappa shape index (κ1) is 26.7. The fourth-order valence-corrected chi connectivity index (χ4v) is 3.69. The van der Waals surface area contributed by atoms with E-state index in [1.54, 1.807) is 37.3 Å². The minimum atomic E-state index is -2.20. The van der Waals surface area contributed by atoms with Gasteiger partial charge in [-0.05, 0) is 49.7 Å². The smallest absolute Gasteiger partial charge is 0.349 e. The van der Waals surface area contributed by atoms with Gasteiger partial charge in [0.05, 0.1) is 21.2 Å². The largest absolute Gasteiger partial charge is 0.478 e. The molecule has 2 N–H and O–H groups in total. The Morgan fingerprint density at radius 2 is 1.28 bits per heavy atom. The van der Waals surface area contributed by atoms with E-state index >= 15 is 0 Å². The van der Waals surface area contributed by atoms with E-state index in [0.717, 1.165) is 5.56 Å². The molecule has 0 bridgehead atoms. The number of carboxylic acids is 1. The Morgan fingerprint density at radius 1 is 0.778 bits per heavy atom. The van der Waals surface area contributed by atoms with Gasteiger partial charge in [0.1, 0.15) is 0 Å². The van der Waals surface area contributed by atoms with E-state index in [1.807, 2.05) is 6.92 Å². The number of hydrogen-bond donors (Lipinski definition) is 2. The topological polar surface area (TPSA) is 119 Å². The van der Waals surface area contributed by atoms with Crippen molar-refractivity contribution in [2.24, 2.45) is 0 Å². The zero-order valence-corrected chi connectivity index (χ0v) is 20.7. The van der Waals surface area contributed by atoms with Crippen molar-refractivity contribution in [3.63, 3.8) is 0 Å². The molecule has 1 amide bonds. The van der Waals surface area contributed by atoms with Crippen LogP contribution in [-0.4, -0.2) is 41.1 Å². The number of benzene rings is 3. The van der Waals surface area contributed by atoms with Crippen LogP contribution in [0.2, 0.25) is 10.0 Å². The summed E-state index contributed by atoms with van der Waals surface area (Å²) in [5.41, 5.74) is 1.73. The van der Waals surface area contributed by atoms with Crippen LogP contribution in [0, 0.1) is 13.8 Å². The van der Waals surface area contributed by atoms with Gasteiger partial charge >= 0.3 is 17.9 Å². The van der Waals surface area contributed by atoms with Crippen LogP contribution in [0.4, 0.5) is 5.69 Å². The average molecular weight is 530 g/mol. The lowest BCUT2D eigenvalue weighted by atomic mass is 10.1. The van der Waals surface area contributed by atoms with Gasteiger partial charge in [-0.1, -0.05) is 65.2 Å². The number of hydrogen-bond acceptors (Lipinski definition) is 6. The third kappa shape index (κ3) is 6.41. The third-order valence-electron chi connectivity index (χ3n) is 5.07. The summed E-state index contributed by atoms with van der Waals surface area (Å²) in [6.07, 6.45) is -4.27. The summed E-state index contributed by atoms with van der Waals surface area (Å²) in [4.78, 5) is 50.9. The maximum Gasteiger partial charge on any atom is 0.349 e. The second kappa shape index (κ2) is 11.7. The van der Waals surface area contributed by atoms with Gasteiger partial charge in [0.15, 0.2) is 0 Å². The van der Waals surface area contributed by atoms with E-state index in [9.17, 15) is 24.3 Å². The van der Waals surface area contributed by atoms with Crippen LogP contribution >= 0.6 is 23.2 Å². The fraction of sp³-hybridized carbons (Fsp3) is 0.154. The maximum atomic E-state index is 13.2. The molecule has 3 aromatic rings. The molecule has 36 heavy (non-hydrogen) atoms. The zero-order chi connectivity index (χ0) is 26.4. The second-order valence-corrected chi connectivity index (χ2v) is 8.57. The lowest BCUT2D eigenvalue weighted by Crippen LogP contribution is -2.48. The van der Waals surface area contributed by atoms with Gasteiger partial charge in [-0.25, -0.2) is 14.4 Å². The van der Waals surface area contributed by atoms with Gasteiger partial charge in [-0.3, -0.25) is 4.79 Å². The summed E-state index contributed by atoms with van der Waals surface area (Å²) in [5.74, 6) is -4.95. The quantitative estimate of drug-likeness (QED) is 0.390. The predicted octanol–water partition coefficient (Wildman–Crippen LogP) is 5.08. The van der Waals surface area contributed by atoms with E-state index in [-0.39, 0.29) is 21.2 Å². The monoisotopic (exact) mass is 529 g/mol. The molecule has 0 saturated heterocycles. The van der Waals surface area contributed by atoms with Crippen LogP contribution in [0.1, 0.15) is 31.8 Å². The Morgan fingerprint density at radius 3 is 1.75 bits per heavy atom. The molecule has 3 aromatic carbocycles. The van der Waals surface area contributed by atoms with Crippen molar-refractivity contribution in [3.8, 4) is 0 Å². The Balaban J connectivity index is 1.96. The molecule has 2 atom stereocenters. The Labute approximate surface area is 216 Å². The first-order valence-electron chi connectivity index (χ1n) is 10.6. The van der Waals surface area contributed by atoms with E-state index in [4.69, 9.17) is 32.7 Å². The summed E-state index contributed by atoms with van der Waals surface area (Å²) >= 11 is 12.1. The molecule has 10 heteroatoms. The normalized spacial score (nSPS) is 12.2. The van der Waals surface area contributed by atoms with E-state index in [2.05, 4.69) is 5.32 Å². The molecule has 0 fully saturated rings. The summed E-state index contributed by atoms with van der Waals surface area (Å²) in [5, 5.41) is 12.4. The van der Waals surface area contributed by atoms with Gasteiger partial charge in [-0.2, -0.15) is 0 Å². The van der Waals surface area contributed by atoms with Crippen molar-refractivity contribution in [1.29, 1.82) is 0 Å². The number of halogens is 2. The minimum absolute atomic E-state index is 0.0102. The van der Waals surface area contributed by atoms with Crippen molar-refractivity contribution in [2.45, 2.75) is 26.1 Å². The highest BCUT2D eigenvalue weighted by Crippen LogP contribution is 2.22. The van der Waals surface area contributed by atoms with Crippen molar-refractivity contribution < 1.29 is 33.8 Å². The van der Waals surface area contributed by atoms with Crippen molar-refractivity contribution in [3.05, 3.63) is 99.0 Å². The first-order valence-corrected chi connectivity index (χ1v) is 11.4. The van der Waals surface area contributed by atoms with Gasteiger partial charge in [-0.15, -0.1) is 0 Å². The molecule has 0 unspecified atom stereocenters. The Bertz CT molecular complexity index is 1330. The molecule has 0 spiro atoms. The van der Waals surface area contributed by atoms with Crippen LogP contribution in [-0.2, 0) is 19.1 Å². The number of anilines is 1. The predicted molar refractivity (Wildman–Crippen MR) is 133 cm³/mol. The summed E-state index contributed by atoms with van der Waals surface area (Å²) in [7, 11) is 0. The molecule has 0 saturated carbocycles. The number of ether oxygens (including phenoxy) is 2. The maximum absolute atomic E-state index is 13.2. The van der Waals surface area contributed by atoms with Gasteiger partial charge in [0.2, 0.25) is 12.2 Å². The highest BCUT2D eigenvalue weighted by atomic mass is 35.5. The molecule has 0 heterocycles. The van der Waals surface area contributed by atoms with Crippen LogP contribution in [0.5, 0.6) is 0 Å². The van der Waals surface area contributed by atoms with Crippen LogP contribution in [0.3, 0.4) is 0 Å². The van der Waals surface area contributed by atoms with Crippen LogP contribution in [0.15, 0.2) is 66.7 Å². The third-order valence-corrected chi connectivity index (χ3v) is 5.73. The number of rotatable bonds is 8. The van der Waals surface area contributed by atoms with E-state index < -0.39 is 36.0 Å². The zero-order valence-electron chi connectivity index (χ0n) is 19.2. The molecule has 186 valence electrons. The number of carboxylic acid groups (broad SMARTS) is 1. The number of esters is 2. The molecule has 0 aliphatic rings. The number of aryl methyl sites for hydroxylation is 2. The molecule has 0 radical (unpaired) electrons. The Hall–Kier alpha value is -3.88. The number of amides is 1. The lowest BCUT2D eigenvalue weighted by Gasteiger charge is -2.24. The van der Waals surface area contributed by atoms with Gasteiger partial charge < -0.3 is 19.9 Å². The first-order chi connectivity index (χ1) is 17.1. The van der Waals surface area contributed by atoms with Crippen molar-refractivity contribution in [1.82, 2.24) is 0 Å². The van der Waals surface area contributed by atoms with Crippen LogP contribution in [0.25, 0.3) is 0 Å². The number of nitrogens with one attached hydrogen (secondary N) is 1. The van der Waals surface area contributed by atoms with Crippen LogP contribution < -0.4 is 5.32 Å². The Kier molecular flexibility index (Phi) is 8.68. The molecular formula is C26H21Cl2NO7. The lowest BCUT2D eigenvalue weighted by molar-refractivity contribution is -0.157. The molecular weight excluding hydrogens is 509 g/mol. The van der Waals surface area contributed by atoms with Crippen molar-refractivity contribution in [2.75, 3.05) is 5.32 Å². The van der Waals surface area contributed by atoms with E-state index in [0.29, 0.717) is 11.3 Å². The summed E-state index contributed by atoms with van der Waals surface area (Å²) in [6, 6.07) is 16.8. The van der Waals surface area contributed by atoms with Gasteiger partial charge in [0, 0.05) is 5.69 Å². The highest BCUT2D eigenvalue weighted by Gasteiger charge is 2.41. The highest BCUT2D eigenvalue weighted by molar-refractivity contribution is 6.34. The molecule has 0 aromatic heterocycles. The molecule has 8 nitrogen and oxygen atoms in total. The molecule has 0 aliphatic heterocycles. The second-order valence-electron chi connectivity index (χ2n) is 7.76. The fourth-order valence-electron chi connectivity index (χ4n) is 3.26. The summed E-state index contributed by atoms with van der Waals surface area (Å²) < 4.78 is 10.4. The minimum Gasteiger partial charge on any atom is -0.478 e. The summed E-state index contributed by atoms with van der Waals surface area (Å²) in [6.45, 7) is 3.60. The average Bonchev–Trinajstić information content (AvgIpc) is 2.83. The molecule has 3 rings (SSSR count). The standard InChI is InChI=1S/C26H21Cl2NO7/c1-14-11-12-20(15(2)13-14)29-23(30)21(35-25(33)16-7-3-5-9-18(16)27)22(24(31)32)36-26(34)17-8-4-6-10-19(17)28/h3-13,21-22H,1-2H3,(H,29,30)(H,31,32)/t21-,22+/m1/s1. The molecule has 0 aliphatic carbocycles. The number of aliphatic carboxylic acids is 1.